The van der Waals surface area contributed by atoms with Gasteiger partial charge in [0.1, 0.15) is 0 Å². The zero-order valence-corrected chi connectivity index (χ0v) is 13.9. The highest BCUT2D eigenvalue weighted by Crippen LogP contribution is 2.39. The number of thiophene rings is 1. The Labute approximate surface area is 139 Å². The largest absolute Gasteiger partial charge is 0.305 e. The van der Waals surface area contributed by atoms with Crippen LogP contribution in [0.1, 0.15) is 16.2 Å². The third-order valence-corrected chi connectivity index (χ3v) is 5.84. The van der Waals surface area contributed by atoms with E-state index in [0.29, 0.717) is 5.02 Å². The van der Waals surface area contributed by atoms with Crippen molar-refractivity contribution in [2.75, 3.05) is 11.4 Å². The second kappa shape index (κ2) is 5.37. The monoisotopic (exact) mass is 332 g/mol. The van der Waals surface area contributed by atoms with Crippen LogP contribution >= 0.6 is 22.9 Å². The van der Waals surface area contributed by atoms with Crippen LogP contribution in [0.3, 0.4) is 0 Å². The molecule has 2 aliphatic rings. The molecule has 0 spiro atoms. The number of nitrogens with zero attached hydrogens (tertiary/aromatic N) is 2. The van der Waals surface area contributed by atoms with Gasteiger partial charge in [-0.3, -0.25) is 9.69 Å². The van der Waals surface area contributed by atoms with Gasteiger partial charge in [-0.25, -0.2) is 0 Å². The van der Waals surface area contributed by atoms with Crippen molar-refractivity contribution in [3.63, 3.8) is 0 Å². The summed E-state index contributed by atoms with van der Waals surface area (Å²) in [6, 6.07) is 12.2. The summed E-state index contributed by atoms with van der Waals surface area (Å²) in [7, 11) is 0. The number of benzene rings is 1. The zero-order valence-electron chi connectivity index (χ0n) is 12.3. The second-order valence-electron chi connectivity index (χ2n) is 6.01. The number of halogens is 1. The lowest BCUT2D eigenvalue weighted by atomic mass is 10.2. The summed E-state index contributed by atoms with van der Waals surface area (Å²) in [5, 5.41) is 0.656. The van der Waals surface area contributed by atoms with Crippen LogP contribution in [0.15, 0.2) is 36.4 Å². The van der Waals surface area contributed by atoms with Crippen LogP contribution in [0.4, 0.5) is 5.69 Å². The molecule has 4 rings (SSSR count). The highest BCUT2D eigenvalue weighted by Gasteiger charge is 2.50. The van der Waals surface area contributed by atoms with E-state index >= 15 is 0 Å². The molecule has 2 aliphatic heterocycles. The van der Waals surface area contributed by atoms with Crippen LogP contribution < -0.4 is 4.90 Å². The van der Waals surface area contributed by atoms with E-state index in [2.05, 4.69) is 24.0 Å². The van der Waals surface area contributed by atoms with Crippen molar-refractivity contribution in [3.8, 4) is 0 Å². The van der Waals surface area contributed by atoms with Gasteiger partial charge < -0.3 is 4.90 Å². The number of rotatable bonds is 3. The minimum Gasteiger partial charge on any atom is -0.305 e. The fourth-order valence-electron chi connectivity index (χ4n) is 3.57. The minimum atomic E-state index is 0.00341. The van der Waals surface area contributed by atoms with Gasteiger partial charge in [0.2, 0.25) is 5.91 Å². The topological polar surface area (TPSA) is 23.6 Å². The lowest BCUT2D eigenvalue weighted by Crippen LogP contribution is -2.50. The summed E-state index contributed by atoms with van der Waals surface area (Å²) in [6.45, 7) is 3.93. The SMILES string of the molecule is Cc1ccc(CN2C[C@@H]3C[C@H]2C(=O)N3c2ccccc2Cl)s1. The molecule has 0 saturated carbocycles. The van der Waals surface area contributed by atoms with Gasteiger partial charge in [-0.1, -0.05) is 23.7 Å². The fraction of sp³-hybridized carbons (Fsp3) is 0.353. The average Bonchev–Trinajstić information content (AvgIpc) is 3.15. The Kier molecular flexibility index (Phi) is 3.48. The van der Waals surface area contributed by atoms with Crippen molar-refractivity contribution in [2.24, 2.45) is 0 Å². The molecule has 1 amide bonds. The first-order valence-corrected chi connectivity index (χ1v) is 8.70. The van der Waals surface area contributed by atoms with Crippen LogP contribution in [0.25, 0.3) is 0 Å². The summed E-state index contributed by atoms with van der Waals surface area (Å²) < 4.78 is 0. The summed E-state index contributed by atoms with van der Waals surface area (Å²) >= 11 is 8.08. The fourth-order valence-corrected chi connectivity index (χ4v) is 4.71. The number of fused-ring (bicyclic) bond motifs is 2. The lowest BCUT2D eigenvalue weighted by molar-refractivity contribution is -0.122. The van der Waals surface area contributed by atoms with Gasteiger partial charge in [0.05, 0.1) is 22.8 Å². The standard InChI is InChI=1S/C17H17ClN2OS/c1-11-6-7-13(22-11)10-19-9-12-8-16(19)17(21)20(12)15-5-3-2-4-14(15)18/h2-7,12,16H,8-10H2,1H3/t12-,16-/m0/s1. The molecule has 2 bridgehead atoms. The number of hydrogen-bond donors (Lipinski definition) is 0. The summed E-state index contributed by atoms with van der Waals surface area (Å²) in [4.78, 5) is 19.6. The predicted octanol–water partition coefficient (Wildman–Crippen LogP) is 3.70. The Morgan fingerprint density at radius 1 is 1.27 bits per heavy atom. The lowest BCUT2D eigenvalue weighted by Gasteiger charge is -2.34. The molecule has 1 aromatic carbocycles. The summed E-state index contributed by atoms with van der Waals surface area (Å²) in [5.41, 5.74) is 0.855. The molecule has 3 nitrogen and oxygen atoms in total. The molecule has 0 unspecified atom stereocenters. The third kappa shape index (κ3) is 2.26. The highest BCUT2D eigenvalue weighted by atomic mass is 35.5. The van der Waals surface area contributed by atoms with E-state index < -0.39 is 0 Å². The Bertz CT molecular complexity index is 729. The molecule has 114 valence electrons. The molecule has 0 N–H and O–H groups in total. The normalized spacial score (nSPS) is 24.5. The summed E-state index contributed by atoms with van der Waals surface area (Å²) in [6.07, 6.45) is 0.911. The first-order chi connectivity index (χ1) is 10.6. The van der Waals surface area contributed by atoms with E-state index in [0.717, 1.165) is 25.2 Å². The quantitative estimate of drug-likeness (QED) is 0.855. The van der Waals surface area contributed by atoms with Gasteiger partial charge in [-0.2, -0.15) is 0 Å². The van der Waals surface area contributed by atoms with Gasteiger partial charge in [0.25, 0.3) is 0 Å². The van der Waals surface area contributed by atoms with Gasteiger partial charge in [-0.15, -0.1) is 11.3 Å². The van der Waals surface area contributed by atoms with Crippen LogP contribution in [-0.4, -0.2) is 29.4 Å². The Balaban J connectivity index is 1.54. The number of piperazine rings is 1. The van der Waals surface area contributed by atoms with E-state index in [1.165, 1.54) is 9.75 Å². The molecular weight excluding hydrogens is 316 g/mol. The second-order valence-corrected chi connectivity index (χ2v) is 7.79. The Hall–Kier alpha value is -1.36. The highest BCUT2D eigenvalue weighted by molar-refractivity contribution is 7.11. The zero-order chi connectivity index (χ0) is 15.3. The van der Waals surface area contributed by atoms with Crippen molar-refractivity contribution < 1.29 is 4.79 Å². The van der Waals surface area contributed by atoms with E-state index in [4.69, 9.17) is 11.6 Å². The smallest absolute Gasteiger partial charge is 0.244 e. The van der Waals surface area contributed by atoms with Gasteiger partial charge in [-0.05, 0) is 37.6 Å². The van der Waals surface area contributed by atoms with Crippen LogP contribution in [-0.2, 0) is 11.3 Å². The van der Waals surface area contributed by atoms with Crippen molar-refractivity contribution >= 4 is 34.5 Å². The summed E-state index contributed by atoms with van der Waals surface area (Å²) in [5.74, 6) is 0.192. The van der Waals surface area contributed by atoms with E-state index in [1.54, 1.807) is 0 Å². The van der Waals surface area contributed by atoms with E-state index in [9.17, 15) is 4.79 Å². The van der Waals surface area contributed by atoms with Crippen molar-refractivity contribution in [1.82, 2.24) is 4.90 Å². The van der Waals surface area contributed by atoms with E-state index in [-0.39, 0.29) is 18.0 Å². The van der Waals surface area contributed by atoms with Crippen LogP contribution in [0.2, 0.25) is 5.02 Å². The maximum atomic E-state index is 12.8. The number of carbonyl (C=O) groups excluding carboxylic acids is 1. The Morgan fingerprint density at radius 3 is 2.77 bits per heavy atom. The van der Waals surface area contributed by atoms with Crippen LogP contribution in [0, 0.1) is 6.92 Å². The third-order valence-electron chi connectivity index (χ3n) is 4.54. The van der Waals surface area contributed by atoms with Crippen molar-refractivity contribution in [3.05, 3.63) is 51.2 Å². The maximum absolute atomic E-state index is 12.8. The molecule has 22 heavy (non-hydrogen) atoms. The number of para-hydroxylation sites is 1. The predicted molar refractivity (Wildman–Crippen MR) is 90.6 cm³/mol. The molecule has 0 aliphatic carbocycles. The number of anilines is 1. The molecule has 0 radical (unpaired) electrons. The van der Waals surface area contributed by atoms with Gasteiger partial charge >= 0.3 is 0 Å². The van der Waals surface area contributed by atoms with Crippen molar-refractivity contribution in [1.29, 1.82) is 0 Å². The maximum Gasteiger partial charge on any atom is 0.244 e. The molecule has 1 aromatic heterocycles. The first kappa shape index (κ1) is 14.2. The molecule has 5 heteroatoms. The molecule has 2 atom stereocenters. The average molecular weight is 333 g/mol. The molecule has 2 aromatic rings. The Morgan fingerprint density at radius 2 is 2.09 bits per heavy atom. The number of aryl methyl sites for hydroxylation is 1. The minimum absolute atomic E-state index is 0.00341. The number of likely N-dealkylation sites (tertiary alicyclic amines) is 1. The van der Waals surface area contributed by atoms with E-state index in [1.807, 2.05) is 40.5 Å². The van der Waals surface area contributed by atoms with Gasteiger partial charge in [0.15, 0.2) is 0 Å². The molecule has 3 heterocycles. The molecule has 2 fully saturated rings. The molecular formula is C17H17ClN2OS. The van der Waals surface area contributed by atoms with Gasteiger partial charge in [0, 0.05) is 22.8 Å². The number of carbonyl (C=O) groups is 1. The van der Waals surface area contributed by atoms with Crippen molar-refractivity contribution in [2.45, 2.75) is 32.0 Å². The number of amides is 1. The first-order valence-electron chi connectivity index (χ1n) is 7.50. The molecule has 2 saturated heterocycles. The van der Waals surface area contributed by atoms with Crippen LogP contribution in [0.5, 0.6) is 0 Å². The number of hydrogen-bond acceptors (Lipinski definition) is 3.